The molecule has 0 spiro atoms. The molecule has 0 radical (unpaired) electrons. The molecule has 0 bridgehead atoms. The fourth-order valence-electron chi connectivity index (χ4n) is 0.610. The minimum atomic E-state index is -1.07. The highest BCUT2D eigenvalue weighted by molar-refractivity contribution is 5.46. The van der Waals surface area contributed by atoms with Crippen LogP contribution in [0, 0.1) is 0 Å². The summed E-state index contributed by atoms with van der Waals surface area (Å²) in [6.45, 7) is -0.0730. The highest BCUT2D eigenvalue weighted by atomic mass is 16.3. The van der Waals surface area contributed by atoms with Gasteiger partial charge in [-0.25, -0.2) is 0 Å². The van der Waals surface area contributed by atoms with E-state index in [9.17, 15) is 9.59 Å². The normalized spacial score (nSPS) is 14.5. The molecule has 70 valence electrons. The van der Waals surface area contributed by atoms with Crippen LogP contribution in [0.25, 0.3) is 0 Å². The second kappa shape index (κ2) is 6.56. The average Bonchev–Trinajstić information content (AvgIpc) is 2.10. The van der Waals surface area contributed by atoms with Gasteiger partial charge in [-0.2, -0.15) is 0 Å². The highest BCUT2D eigenvalue weighted by Gasteiger charge is 2.14. The second-order valence-corrected chi connectivity index (χ2v) is 2.19. The molecule has 0 aromatic heterocycles. The van der Waals surface area contributed by atoms with Gasteiger partial charge in [-0.15, -0.1) is 0 Å². The summed E-state index contributed by atoms with van der Waals surface area (Å²) in [6.07, 6.45) is -1.29. The van der Waals surface area contributed by atoms with Crippen molar-refractivity contribution in [3.05, 3.63) is 0 Å². The average molecular weight is 176 g/mol. The molecule has 2 unspecified atom stereocenters. The molecule has 4 N–H and O–H groups in total. The van der Waals surface area contributed by atoms with Gasteiger partial charge in [0.15, 0.2) is 0 Å². The quantitative estimate of drug-likeness (QED) is 0.315. The Bertz CT molecular complexity index is 126. The lowest BCUT2D eigenvalue weighted by molar-refractivity contribution is -0.111. The number of nitrogens with one attached hydrogen (secondary N) is 2. The molecule has 6 nitrogen and oxygen atoms in total. The first-order chi connectivity index (χ1) is 5.72. The van der Waals surface area contributed by atoms with Crippen molar-refractivity contribution in [2.45, 2.75) is 12.2 Å². The summed E-state index contributed by atoms with van der Waals surface area (Å²) in [5, 5.41) is 22.5. The lowest BCUT2D eigenvalue weighted by Gasteiger charge is -2.16. The van der Waals surface area contributed by atoms with Crippen molar-refractivity contribution in [1.82, 2.24) is 10.6 Å². The maximum absolute atomic E-state index is 9.77. The summed E-state index contributed by atoms with van der Waals surface area (Å²) < 4.78 is 0. The zero-order valence-corrected chi connectivity index (χ0v) is 6.43. The van der Waals surface area contributed by atoms with E-state index in [0.29, 0.717) is 12.8 Å². The SMILES string of the molecule is O=CNCC(O)C(O)CNC=O. The van der Waals surface area contributed by atoms with Crippen molar-refractivity contribution in [1.29, 1.82) is 0 Å². The van der Waals surface area contributed by atoms with Gasteiger partial charge in [0.25, 0.3) is 0 Å². The number of carbonyl (C=O) groups is 2. The number of amides is 2. The smallest absolute Gasteiger partial charge is 0.207 e. The second-order valence-electron chi connectivity index (χ2n) is 2.19. The Balaban J connectivity index is 3.52. The standard InChI is InChI=1S/C6H12N2O4/c9-3-7-1-5(11)6(12)2-8-4-10/h3-6,11-12H,1-2H2,(H,7,9)(H,8,10). The van der Waals surface area contributed by atoms with Crippen molar-refractivity contribution in [2.75, 3.05) is 13.1 Å². The number of aliphatic hydroxyl groups excluding tert-OH is 2. The van der Waals surface area contributed by atoms with Crippen molar-refractivity contribution < 1.29 is 19.8 Å². The third-order valence-corrected chi connectivity index (χ3v) is 1.26. The van der Waals surface area contributed by atoms with Gasteiger partial charge in [-0.1, -0.05) is 0 Å². The van der Waals surface area contributed by atoms with Gasteiger partial charge in [0, 0.05) is 13.1 Å². The zero-order chi connectivity index (χ0) is 9.40. The van der Waals surface area contributed by atoms with Crippen LogP contribution in [0.3, 0.4) is 0 Å². The summed E-state index contributed by atoms with van der Waals surface area (Å²) in [5.74, 6) is 0. The van der Waals surface area contributed by atoms with Crippen LogP contribution in [0.15, 0.2) is 0 Å². The summed E-state index contributed by atoms with van der Waals surface area (Å²) in [5.41, 5.74) is 0. The maximum Gasteiger partial charge on any atom is 0.207 e. The Labute approximate surface area is 69.6 Å². The number of hydrogen-bond acceptors (Lipinski definition) is 4. The number of rotatable bonds is 7. The van der Waals surface area contributed by atoms with E-state index in [1.54, 1.807) is 0 Å². The van der Waals surface area contributed by atoms with Gasteiger partial charge < -0.3 is 20.8 Å². The Hall–Kier alpha value is -1.14. The fourth-order valence-corrected chi connectivity index (χ4v) is 0.610. The molecule has 0 aliphatic rings. The summed E-state index contributed by atoms with van der Waals surface area (Å²) in [6, 6.07) is 0. The predicted molar refractivity (Wildman–Crippen MR) is 40.1 cm³/mol. The summed E-state index contributed by atoms with van der Waals surface area (Å²) in [4.78, 5) is 19.5. The molecular formula is C6H12N2O4. The van der Waals surface area contributed by atoms with E-state index in [-0.39, 0.29) is 13.1 Å². The van der Waals surface area contributed by atoms with E-state index in [1.165, 1.54) is 0 Å². The third kappa shape index (κ3) is 4.64. The number of hydrogen-bond donors (Lipinski definition) is 4. The van der Waals surface area contributed by atoms with Crippen molar-refractivity contribution in [2.24, 2.45) is 0 Å². The van der Waals surface area contributed by atoms with Crippen LogP contribution in [-0.2, 0) is 9.59 Å². The molecule has 0 saturated heterocycles. The van der Waals surface area contributed by atoms with Crippen LogP contribution in [0.2, 0.25) is 0 Å². The first-order valence-corrected chi connectivity index (χ1v) is 3.42. The minimum absolute atomic E-state index is 0.0365. The van der Waals surface area contributed by atoms with Crippen molar-refractivity contribution in [3.8, 4) is 0 Å². The molecule has 0 aliphatic carbocycles. The van der Waals surface area contributed by atoms with Crippen LogP contribution in [0.5, 0.6) is 0 Å². The molecule has 2 amide bonds. The van der Waals surface area contributed by atoms with Gasteiger partial charge in [0.2, 0.25) is 12.8 Å². The monoisotopic (exact) mass is 176 g/mol. The topological polar surface area (TPSA) is 98.7 Å². The van der Waals surface area contributed by atoms with Crippen LogP contribution in [0.1, 0.15) is 0 Å². The van der Waals surface area contributed by atoms with E-state index in [1.807, 2.05) is 0 Å². The summed E-state index contributed by atoms with van der Waals surface area (Å²) >= 11 is 0. The van der Waals surface area contributed by atoms with Crippen LogP contribution in [-0.4, -0.2) is 48.3 Å². The molecule has 6 heteroatoms. The van der Waals surface area contributed by atoms with Crippen molar-refractivity contribution in [3.63, 3.8) is 0 Å². The van der Waals surface area contributed by atoms with Gasteiger partial charge in [-0.05, 0) is 0 Å². The Kier molecular flexibility index (Phi) is 5.94. The van der Waals surface area contributed by atoms with E-state index in [2.05, 4.69) is 10.6 Å². The largest absolute Gasteiger partial charge is 0.389 e. The summed E-state index contributed by atoms with van der Waals surface area (Å²) in [7, 11) is 0. The van der Waals surface area contributed by atoms with E-state index in [0.717, 1.165) is 0 Å². The van der Waals surface area contributed by atoms with Gasteiger partial charge in [0.1, 0.15) is 0 Å². The highest BCUT2D eigenvalue weighted by Crippen LogP contribution is 1.89. The minimum Gasteiger partial charge on any atom is -0.389 e. The molecule has 0 aliphatic heterocycles. The molecule has 0 saturated carbocycles. The fraction of sp³-hybridized carbons (Fsp3) is 0.667. The number of carbonyl (C=O) groups excluding carboxylic acids is 2. The van der Waals surface area contributed by atoms with Crippen LogP contribution in [0.4, 0.5) is 0 Å². The number of aliphatic hydroxyl groups is 2. The van der Waals surface area contributed by atoms with Crippen molar-refractivity contribution >= 4 is 12.8 Å². The molecule has 0 fully saturated rings. The molecule has 12 heavy (non-hydrogen) atoms. The first kappa shape index (κ1) is 10.9. The van der Waals surface area contributed by atoms with E-state index in [4.69, 9.17) is 10.2 Å². The first-order valence-electron chi connectivity index (χ1n) is 3.42. The van der Waals surface area contributed by atoms with Gasteiger partial charge >= 0.3 is 0 Å². The maximum atomic E-state index is 9.77. The third-order valence-electron chi connectivity index (χ3n) is 1.26. The van der Waals surface area contributed by atoms with Gasteiger partial charge in [-0.3, -0.25) is 9.59 Å². The molecule has 0 heterocycles. The molecule has 0 rings (SSSR count). The Morgan fingerprint density at radius 3 is 1.58 bits per heavy atom. The van der Waals surface area contributed by atoms with Crippen LogP contribution >= 0.6 is 0 Å². The van der Waals surface area contributed by atoms with Crippen LogP contribution < -0.4 is 10.6 Å². The lowest BCUT2D eigenvalue weighted by Crippen LogP contribution is -2.41. The Morgan fingerprint density at radius 1 is 1.00 bits per heavy atom. The van der Waals surface area contributed by atoms with E-state index >= 15 is 0 Å². The Morgan fingerprint density at radius 2 is 1.33 bits per heavy atom. The molecular weight excluding hydrogens is 164 g/mol. The zero-order valence-electron chi connectivity index (χ0n) is 6.43. The van der Waals surface area contributed by atoms with E-state index < -0.39 is 12.2 Å². The predicted octanol–water partition coefficient (Wildman–Crippen LogP) is -2.80. The van der Waals surface area contributed by atoms with Gasteiger partial charge in [0.05, 0.1) is 12.2 Å². The molecule has 0 aromatic carbocycles. The molecule has 0 aromatic rings. The lowest BCUT2D eigenvalue weighted by atomic mass is 10.2. The molecule has 2 atom stereocenters.